The third-order valence-electron chi connectivity index (χ3n) is 6.77. The highest BCUT2D eigenvalue weighted by atomic mass is 79.9. The number of halogens is 1. The van der Waals surface area contributed by atoms with E-state index >= 15 is 0 Å². The Balaban J connectivity index is 1.75. The molecule has 0 fully saturated rings. The van der Waals surface area contributed by atoms with E-state index < -0.39 is 0 Å². The van der Waals surface area contributed by atoms with Crippen molar-refractivity contribution >= 4 is 21.5 Å². The molecule has 0 heterocycles. The SMILES string of the molecule is Brc1ccc2c(c1)C(c1ccccc1)(c1ccccc1)C1=C2C=C2C=CC=CC2C1. The highest BCUT2D eigenvalue weighted by molar-refractivity contribution is 9.10. The fraction of sp³-hybridized carbons (Fsp3) is 0.103. The summed E-state index contributed by atoms with van der Waals surface area (Å²) in [5, 5.41) is 0. The first-order valence-corrected chi connectivity index (χ1v) is 11.3. The molecule has 0 saturated heterocycles. The summed E-state index contributed by atoms with van der Waals surface area (Å²) in [6, 6.07) is 28.9. The molecule has 0 N–H and O–H groups in total. The Morgan fingerprint density at radius 1 is 0.800 bits per heavy atom. The highest BCUT2D eigenvalue weighted by Crippen LogP contribution is 2.59. The predicted molar refractivity (Wildman–Crippen MR) is 128 cm³/mol. The summed E-state index contributed by atoms with van der Waals surface area (Å²) in [6.07, 6.45) is 12.5. The standard InChI is InChI=1S/C29H21Br/c30-24-15-16-25-26-17-20-9-7-8-10-21(20)18-27(26)29(28(25)19-24,22-11-3-1-4-12-22)23-13-5-2-6-14-23/h1-17,19,21H,18H2. The Bertz CT molecular complexity index is 1220. The van der Waals surface area contributed by atoms with Crippen LogP contribution >= 0.6 is 15.9 Å². The van der Waals surface area contributed by atoms with Crippen LogP contribution in [0, 0.1) is 5.92 Å². The number of allylic oxidation sites excluding steroid dienone is 8. The van der Waals surface area contributed by atoms with Crippen LogP contribution in [-0.4, -0.2) is 0 Å². The zero-order valence-corrected chi connectivity index (χ0v) is 18.1. The van der Waals surface area contributed by atoms with E-state index in [-0.39, 0.29) is 5.41 Å². The zero-order valence-electron chi connectivity index (χ0n) is 16.6. The molecule has 144 valence electrons. The van der Waals surface area contributed by atoms with Gasteiger partial charge in [-0.25, -0.2) is 0 Å². The molecule has 0 aliphatic heterocycles. The molecule has 3 aliphatic carbocycles. The van der Waals surface area contributed by atoms with E-state index in [2.05, 4.69) is 125 Å². The van der Waals surface area contributed by atoms with Crippen molar-refractivity contribution in [2.45, 2.75) is 11.8 Å². The van der Waals surface area contributed by atoms with Crippen molar-refractivity contribution in [2.75, 3.05) is 0 Å². The molecule has 0 nitrogen and oxygen atoms in total. The third-order valence-corrected chi connectivity index (χ3v) is 7.27. The minimum Gasteiger partial charge on any atom is -0.0767 e. The van der Waals surface area contributed by atoms with Crippen LogP contribution in [0.15, 0.2) is 125 Å². The summed E-state index contributed by atoms with van der Waals surface area (Å²) >= 11 is 3.77. The van der Waals surface area contributed by atoms with Crippen LogP contribution in [0.1, 0.15) is 28.7 Å². The highest BCUT2D eigenvalue weighted by Gasteiger charge is 2.48. The van der Waals surface area contributed by atoms with Crippen molar-refractivity contribution in [3.63, 3.8) is 0 Å². The van der Waals surface area contributed by atoms with Gasteiger partial charge < -0.3 is 0 Å². The molecule has 0 bridgehead atoms. The Morgan fingerprint density at radius 2 is 1.50 bits per heavy atom. The third kappa shape index (κ3) is 2.45. The first-order chi connectivity index (χ1) is 14.8. The minimum atomic E-state index is -0.270. The van der Waals surface area contributed by atoms with Gasteiger partial charge in [0.1, 0.15) is 0 Å². The topological polar surface area (TPSA) is 0 Å². The second-order valence-electron chi connectivity index (χ2n) is 8.26. The number of hydrogen-bond donors (Lipinski definition) is 0. The van der Waals surface area contributed by atoms with Gasteiger partial charge in [-0.1, -0.05) is 113 Å². The molecule has 1 atom stereocenters. The number of benzene rings is 3. The lowest BCUT2D eigenvalue weighted by atomic mass is 9.64. The summed E-state index contributed by atoms with van der Waals surface area (Å²) in [5.74, 6) is 0.443. The first kappa shape index (κ1) is 17.9. The maximum Gasteiger partial charge on any atom is 0.0677 e. The Kier molecular flexibility index (Phi) is 4.07. The molecular weight excluding hydrogens is 428 g/mol. The molecule has 0 spiro atoms. The van der Waals surface area contributed by atoms with Crippen LogP contribution in [0.4, 0.5) is 0 Å². The lowest BCUT2D eigenvalue weighted by Crippen LogP contribution is -2.31. The van der Waals surface area contributed by atoms with E-state index in [1.807, 2.05) is 0 Å². The minimum absolute atomic E-state index is 0.270. The molecule has 1 unspecified atom stereocenters. The summed E-state index contributed by atoms with van der Waals surface area (Å²) < 4.78 is 1.13. The van der Waals surface area contributed by atoms with Crippen LogP contribution in [0.5, 0.6) is 0 Å². The van der Waals surface area contributed by atoms with Gasteiger partial charge in [0.15, 0.2) is 0 Å². The number of rotatable bonds is 2. The molecule has 3 aliphatic rings. The van der Waals surface area contributed by atoms with Gasteiger partial charge in [-0.2, -0.15) is 0 Å². The molecule has 0 amide bonds. The van der Waals surface area contributed by atoms with Crippen LogP contribution in [-0.2, 0) is 5.41 Å². The average molecular weight is 449 g/mol. The van der Waals surface area contributed by atoms with Crippen LogP contribution in [0.2, 0.25) is 0 Å². The van der Waals surface area contributed by atoms with Gasteiger partial charge >= 0.3 is 0 Å². The van der Waals surface area contributed by atoms with Crippen molar-refractivity contribution in [2.24, 2.45) is 5.92 Å². The van der Waals surface area contributed by atoms with Crippen LogP contribution in [0.3, 0.4) is 0 Å². The number of hydrogen-bond acceptors (Lipinski definition) is 0. The molecule has 3 aromatic carbocycles. The molecule has 3 aromatic rings. The van der Waals surface area contributed by atoms with Gasteiger partial charge in [-0.05, 0) is 57.5 Å². The lowest BCUT2D eigenvalue weighted by Gasteiger charge is -2.38. The van der Waals surface area contributed by atoms with E-state index in [4.69, 9.17) is 0 Å². The van der Waals surface area contributed by atoms with Crippen molar-refractivity contribution in [3.05, 3.63) is 147 Å². The number of fused-ring (bicyclic) bond motifs is 3. The maximum atomic E-state index is 3.77. The van der Waals surface area contributed by atoms with Crippen LogP contribution < -0.4 is 0 Å². The monoisotopic (exact) mass is 448 g/mol. The Labute approximate surface area is 186 Å². The molecule has 6 rings (SSSR count). The van der Waals surface area contributed by atoms with Crippen molar-refractivity contribution < 1.29 is 0 Å². The predicted octanol–water partition coefficient (Wildman–Crippen LogP) is 7.62. The summed E-state index contributed by atoms with van der Waals surface area (Å²) in [4.78, 5) is 0. The van der Waals surface area contributed by atoms with Crippen molar-refractivity contribution in [1.82, 2.24) is 0 Å². The largest absolute Gasteiger partial charge is 0.0767 e. The zero-order chi connectivity index (χ0) is 20.1. The molecular formula is C29H21Br. The van der Waals surface area contributed by atoms with E-state index in [9.17, 15) is 0 Å². The second-order valence-corrected chi connectivity index (χ2v) is 9.18. The lowest BCUT2D eigenvalue weighted by molar-refractivity contribution is 0.640. The molecule has 0 radical (unpaired) electrons. The first-order valence-electron chi connectivity index (χ1n) is 10.5. The van der Waals surface area contributed by atoms with E-state index in [1.165, 1.54) is 39.0 Å². The average Bonchev–Trinajstić information content (AvgIpc) is 3.08. The summed E-state index contributed by atoms with van der Waals surface area (Å²) in [7, 11) is 0. The maximum absolute atomic E-state index is 3.77. The second kappa shape index (κ2) is 6.82. The summed E-state index contributed by atoms with van der Waals surface area (Å²) in [6.45, 7) is 0. The fourth-order valence-electron chi connectivity index (χ4n) is 5.55. The van der Waals surface area contributed by atoms with Gasteiger partial charge in [0.2, 0.25) is 0 Å². The normalized spacial score (nSPS) is 20.4. The molecule has 0 saturated carbocycles. The van der Waals surface area contributed by atoms with Gasteiger partial charge in [-0.3, -0.25) is 0 Å². The molecule has 1 heteroatoms. The van der Waals surface area contributed by atoms with Gasteiger partial charge in [0, 0.05) is 10.4 Å². The van der Waals surface area contributed by atoms with Gasteiger partial charge in [-0.15, -0.1) is 0 Å². The molecule has 0 aromatic heterocycles. The van der Waals surface area contributed by atoms with Crippen molar-refractivity contribution in [1.29, 1.82) is 0 Å². The van der Waals surface area contributed by atoms with Gasteiger partial charge in [0.05, 0.1) is 5.41 Å². The van der Waals surface area contributed by atoms with E-state index in [1.54, 1.807) is 0 Å². The van der Waals surface area contributed by atoms with Gasteiger partial charge in [0.25, 0.3) is 0 Å². The molecule has 30 heavy (non-hydrogen) atoms. The quantitative estimate of drug-likeness (QED) is 0.378. The van der Waals surface area contributed by atoms with E-state index in [0.29, 0.717) is 5.92 Å². The fourth-order valence-corrected chi connectivity index (χ4v) is 5.91. The Morgan fingerprint density at radius 3 is 2.20 bits per heavy atom. The summed E-state index contributed by atoms with van der Waals surface area (Å²) in [5.41, 5.74) is 9.48. The smallest absolute Gasteiger partial charge is 0.0677 e. The van der Waals surface area contributed by atoms with E-state index in [0.717, 1.165) is 10.9 Å². The Hall–Kier alpha value is -2.90. The van der Waals surface area contributed by atoms with Crippen LogP contribution in [0.25, 0.3) is 5.57 Å². The van der Waals surface area contributed by atoms with Crippen molar-refractivity contribution in [3.8, 4) is 0 Å².